The Balaban J connectivity index is 1.71. The summed E-state index contributed by atoms with van der Waals surface area (Å²) in [7, 11) is 0. The smallest absolute Gasteiger partial charge is 0.346 e. The second kappa shape index (κ2) is 6.32. The predicted octanol–water partition coefficient (Wildman–Crippen LogP) is 5.11. The molecule has 0 aromatic heterocycles. The molecular weight excluding hydrogens is 310 g/mol. The molecule has 3 aromatic rings. The first-order chi connectivity index (χ1) is 12.2. The van der Waals surface area contributed by atoms with Crippen LogP contribution in [0, 0.1) is 6.92 Å². The average molecular weight is 328 g/mol. The van der Waals surface area contributed by atoms with Crippen molar-refractivity contribution in [2.24, 2.45) is 0 Å². The van der Waals surface area contributed by atoms with Gasteiger partial charge in [-0.15, -0.1) is 0 Å². The van der Waals surface area contributed by atoms with E-state index in [1.807, 2.05) is 42.5 Å². The number of carbonyl (C=O) groups excluding carboxylic acids is 1. The third kappa shape index (κ3) is 3.33. The Morgan fingerprint density at radius 1 is 1.00 bits per heavy atom. The minimum Gasteiger partial charge on any atom is -0.355 e. The predicted molar refractivity (Wildman–Crippen MR) is 101 cm³/mol. The van der Waals surface area contributed by atoms with Gasteiger partial charge in [0.25, 0.3) is 0 Å². The first-order valence-electron chi connectivity index (χ1n) is 8.25. The Hall–Kier alpha value is -3.27. The lowest BCUT2D eigenvalue weighted by atomic mass is 10.0. The molecule has 0 fully saturated rings. The number of hydrogen-bond acceptors (Lipinski definition) is 2. The SMILES string of the molecule is Cc1ccc(Cc2cc3c(cc2Nc2ccccc2)[N]C(=O)N3)cc1. The normalized spacial score (nSPS) is 12.3. The summed E-state index contributed by atoms with van der Waals surface area (Å²) in [6.45, 7) is 2.08. The second-order valence-electron chi connectivity index (χ2n) is 6.22. The maximum atomic E-state index is 11.6. The minimum absolute atomic E-state index is 0.312. The van der Waals surface area contributed by atoms with Gasteiger partial charge in [-0.1, -0.05) is 48.0 Å². The van der Waals surface area contributed by atoms with Crippen molar-refractivity contribution in [1.82, 2.24) is 5.32 Å². The molecule has 2 N–H and O–H groups in total. The van der Waals surface area contributed by atoms with Gasteiger partial charge in [-0.2, -0.15) is 5.32 Å². The van der Waals surface area contributed by atoms with Crippen molar-refractivity contribution in [1.29, 1.82) is 0 Å². The number of carbonyl (C=O) groups is 1. The zero-order chi connectivity index (χ0) is 17.2. The average Bonchev–Trinajstić information content (AvgIpc) is 2.97. The number of fused-ring (bicyclic) bond motifs is 1. The van der Waals surface area contributed by atoms with Crippen LogP contribution in [0.15, 0.2) is 66.7 Å². The molecule has 123 valence electrons. The van der Waals surface area contributed by atoms with E-state index >= 15 is 0 Å². The van der Waals surface area contributed by atoms with Crippen LogP contribution in [0.4, 0.5) is 27.5 Å². The van der Waals surface area contributed by atoms with Gasteiger partial charge in [0.2, 0.25) is 0 Å². The Morgan fingerprint density at radius 2 is 1.76 bits per heavy atom. The van der Waals surface area contributed by atoms with Crippen LogP contribution in [0.25, 0.3) is 0 Å². The Kier molecular flexibility index (Phi) is 3.86. The van der Waals surface area contributed by atoms with Gasteiger partial charge in [0, 0.05) is 11.4 Å². The van der Waals surface area contributed by atoms with Crippen LogP contribution in [0.1, 0.15) is 16.7 Å². The fourth-order valence-electron chi connectivity index (χ4n) is 2.94. The molecular formula is C21H18N3O. The van der Waals surface area contributed by atoms with Crippen molar-refractivity contribution in [3.05, 3.63) is 83.4 Å². The van der Waals surface area contributed by atoms with Gasteiger partial charge in [-0.25, -0.2) is 4.79 Å². The van der Waals surface area contributed by atoms with E-state index in [9.17, 15) is 4.79 Å². The molecule has 0 spiro atoms. The summed E-state index contributed by atoms with van der Waals surface area (Å²) < 4.78 is 0. The van der Waals surface area contributed by atoms with Gasteiger partial charge in [-0.05, 0) is 48.7 Å². The van der Waals surface area contributed by atoms with Crippen LogP contribution in [-0.2, 0) is 6.42 Å². The van der Waals surface area contributed by atoms with E-state index in [1.165, 1.54) is 11.1 Å². The van der Waals surface area contributed by atoms with Gasteiger partial charge in [0.1, 0.15) is 0 Å². The molecule has 0 aliphatic carbocycles. The molecule has 1 heterocycles. The molecule has 3 aromatic carbocycles. The van der Waals surface area contributed by atoms with Crippen molar-refractivity contribution >= 4 is 28.8 Å². The summed E-state index contributed by atoms with van der Waals surface area (Å²) in [5.74, 6) is 0. The van der Waals surface area contributed by atoms with Crippen LogP contribution in [0.5, 0.6) is 0 Å². The van der Waals surface area contributed by atoms with E-state index < -0.39 is 0 Å². The molecule has 0 atom stereocenters. The van der Waals surface area contributed by atoms with E-state index in [4.69, 9.17) is 0 Å². The molecule has 0 saturated heterocycles. The minimum atomic E-state index is -0.312. The maximum absolute atomic E-state index is 11.6. The molecule has 0 unspecified atom stereocenters. The van der Waals surface area contributed by atoms with Crippen molar-refractivity contribution in [2.75, 3.05) is 10.6 Å². The molecule has 0 bridgehead atoms. The summed E-state index contributed by atoms with van der Waals surface area (Å²) in [4.78, 5) is 11.6. The summed E-state index contributed by atoms with van der Waals surface area (Å²) in [6.07, 6.45) is 0.776. The Labute approximate surface area is 146 Å². The zero-order valence-corrected chi connectivity index (χ0v) is 13.9. The van der Waals surface area contributed by atoms with Gasteiger partial charge >= 0.3 is 6.03 Å². The lowest BCUT2D eigenvalue weighted by Crippen LogP contribution is -2.08. The highest BCUT2D eigenvalue weighted by atomic mass is 16.2. The molecule has 4 nitrogen and oxygen atoms in total. The highest BCUT2D eigenvalue weighted by molar-refractivity contribution is 6.03. The van der Waals surface area contributed by atoms with Gasteiger partial charge < -0.3 is 10.6 Å². The van der Waals surface area contributed by atoms with Crippen LogP contribution < -0.4 is 16.0 Å². The first-order valence-corrected chi connectivity index (χ1v) is 8.25. The summed E-state index contributed by atoms with van der Waals surface area (Å²) in [5.41, 5.74) is 7.00. The van der Waals surface area contributed by atoms with Crippen LogP contribution in [-0.4, -0.2) is 6.03 Å². The molecule has 2 amide bonds. The number of urea groups is 1. The van der Waals surface area contributed by atoms with E-state index in [1.54, 1.807) is 0 Å². The molecule has 1 aliphatic rings. The number of para-hydroxylation sites is 1. The van der Waals surface area contributed by atoms with Gasteiger partial charge in [-0.3, -0.25) is 0 Å². The number of aryl methyl sites for hydroxylation is 1. The monoisotopic (exact) mass is 328 g/mol. The Morgan fingerprint density at radius 3 is 2.52 bits per heavy atom. The number of anilines is 3. The fraction of sp³-hybridized carbons (Fsp3) is 0.0952. The molecule has 1 radical (unpaired) electrons. The van der Waals surface area contributed by atoms with Crippen LogP contribution >= 0.6 is 0 Å². The highest BCUT2D eigenvalue weighted by Gasteiger charge is 2.21. The van der Waals surface area contributed by atoms with E-state index in [-0.39, 0.29) is 6.03 Å². The summed E-state index contributed by atoms with van der Waals surface area (Å²) in [5, 5.41) is 10.3. The topological polar surface area (TPSA) is 55.2 Å². The fourth-order valence-corrected chi connectivity index (χ4v) is 2.94. The van der Waals surface area contributed by atoms with Gasteiger partial charge in [0.05, 0.1) is 11.4 Å². The number of nitrogens with one attached hydrogen (secondary N) is 2. The number of amides is 2. The first kappa shape index (κ1) is 15.3. The largest absolute Gasteiger partial charge is 0.355 e. The molecule has 1 aliphatic heterocycles. The summed E-state index contributed by atoms with van der Waals surface area (Å²) in [6, 6.07) is 22.1. The van der Waals surface area contributed by atoms with Crippen molar-refractivity contribution < 1.29 is 4.79 Å². The molecule has 4 heteroatoms. The Bertz CT molecular complexity index is 918. The summed E-state index contributed by atoms with van der Waals surface area (Å²) >= 11 is 0. The number of rotatable bonds is 4. The number of nitrogens with zero attached hydrogens (tertiary/aromatic N) is 1. The van der Waals surface area contributed by atoms with E-state index in [0.717, 1.165) is 29.0 Å². The third-order valence-corrected chi connectivity index (χ3v) is 4.25. The standard InChI is InChI=1S/C21H18N3O/c1-14-7-9-15(10-8-14)11-16-12-19-20(24-21(25)23-19)13-18(16)22-17-5-3-2-4-6-17/h2-10,12-13,22H,11H2,1H3,(H,23,25). The van der Waals surface area contributed by atoms with Crippen molar-refractivity contribution in [3.8, 4) is 0 Å². The molecule has 25 heavy (non-hydrogen) atoms. The third-order valence-electron chi connectivity index (χ3n) is 4.25. The van der Waals surface area contributed by atoms with E-state index in [2.05, 4.69) is 47.1 Å². The van der Waals surface area contributed by atoms with Crippen molar-refractivity contribution in [2.45, 2.75) is 13.3 Å². The molecule has 4 rings (SSSR count). The lowest BCUT2D eigenvalue weighted by molar-refractivity contribution is 0.256. The van der Waals surface area contributed by atoms with Crippen molar-refractivity contribution in [3.63, 3.8) is 0 Å². The van der Waals surface area contributed by atoms with Crippen LogP contribution in [0.3, 0.4) is 0 Å². The van der Waals surface area contributed by atoms with Gasteiger partial charge in [0.15, 0.2) is 0 Å². The van der Waals surface area contributed by atoms with E-state index in [0.29, 0.717) is 5.69 Å². The quantitative estimate of drug-likeness (QED) is 0.699. The lowest BCUT2D eigenvalue weighted by Gasteiger charge is -2.14. The second-order valence-corrected chi connectivity index (χ2v) is 6.22. The maximum Gasteiger partial charge on any atom is 0.346 e. The number of hydrogen-bond donors (Lipinski definition) is 2. The molecule has 0 saturated carbocycles. The number of benzene rings is 3. The highest BCUT2D eigenvalue weighted by Crippen LogP contribution is 2.35. The zero-order valence-electron chi connectivity index (χ0n) is 13.9. The van der Waals surface area contributed by atoms with Crippen LogP contribution in [0.2, 0.25) is 0 Å².